The van der Waals surface area contributed by atoms with Gasteiger partial charge in [0.1, 0.15) is 18.8 Å². The number of aliphatic hydroxyl groups is 2. The van der Waals surface area contributed by atoms with Gasteiger partial charge in [0, 0.05) is 12.1 Å². The lowest BCUT2D eigenvalue weighted by Gasteiger charge is -2.22. The fourth-order valence-corrected chi connectivity index (χ4v) is 2.60. The molecule has 2 rings (SSSR count). The normalized spacial score (nSPS) is 12.5. The number of para-hydroxylation sites is 1. The minimum atomic E-state index is -1.47. The molecule has 2 aromatic carbocycles. The van der Waals surface area contributed by atoms with Gasteiger partial charge < -0.3 is 34.8 Å². The maximum atomic E-state index is 11.8. The summed E-state index contributed by atoms with van der Waals surface area (Å²) in [6.07, 6.45) is -3.63. The largest absolute Gasteiger partial charge is 0.490 e. The second-order valence-corrected chi connectivity index (χ2v) is 6.24. The number of carbonyl (C=O) groups excluding carboxylic acids is 1. The minimum absolute atomic E-state index is 0.0138. The number of ether oxygens (including phenoxy) is 3. The highest BCUT2D eigenvalue weighted by Gasteiger charge is 2.25. The van der Waals surface area contributed by atoms with Crippen molar-refractivity contribution < 1.29 is 39.1 Å². The Morgan fingerprint density at radius 2 is 1.77 bits per heavy atom. The highest BCUT2D eigenvalue weighted by atomic mass is 16.5. The van der Waals surface area contributed by atoms with Crippen molar-refractivity contribution in [2.24, 2.45) is 0 Å². The number of carboxylic acid groups (broad SMARTS) is 1. The van der Waals surface area contributed by atoms with E-state index in [1.807, 2.05) is 18.2 Å². The van der Waals surface area contributed by atoms with Gasteiger partial charge in [-0.3, -0.25) is 0 Å². The zero-order valence-corrected chi connectivity index (χ0v) is 16.5. The van der Waals surface area contributed by atoms with Crippen LogP contribution in [0.25, 0.3) is 0 Å². The number of aliphatic carboxylic acids is 1. The van der Waals surface area contributed by atoms with Gasteiger partial charge in [-0.15, -0.1) is 0 Å². The van der Waals surface area contributed by atoms with Crippen LogP contribution in [0.4, 0.5) is 4.79 Å². The zero-order valence-electron chi connectivity index (χ0n) is 16.5. The average Bonchev–Trinajstić information content (AvgIpc) is 2.75. The predicted octanol–water partition coefficient (Wildman–Crippen LogP) is 1.87. The highest BCUT2D eigenvalue weighted by molar-refractivity contribution is 5.69. The SMILES string of the molecule is CCOc1cccc(C(O)C(O)CNC(=O)OCc2ccccc2)c1OCC(=O)O. The van der Waals surface area contributed by atoms with Crippen LogP contribution < -0.4 is 14.8 Å². The second kappa shape index (κ2) is 11.6. The lowest BCUT2D eigenvalue weighted by Crippen LogP contribution is -2.36. The number of carbonyl (C=O) groups is 2. The van der Waals surface area contributed by atoms with Crippen LogP contribution in [-0.2, 0) is 16.1 Å². The first-order valence-corrected chi connectivity index (χ1v) is 9.33. The highest BCUT2D eigenvalue weighted by Crippen LogP contribution is 2.36. The molecule has 4 N–H and O–H groups in total. The molecule has 0 heterocycles. The number of nitrogens with one attached hydrogen (secondary N) is 1. The molecule has 0 aliphatic rings. The molecule has 0 saturated carbocycles. The van der Waals surface area contributed by atoms with Crippen molar-refractivity contribution in [3.8, 4) is 11.5 Å². The van der Waals surface area contributed by atoms with Gasteiger partial charge in [0.15, 0.2) is 18.1 Å². The van der Waals surface area contributed by atoms with Crippen LogP contribution in [0.5, 0.6) is 11.5 Å². The lowest BCUT2D eigenvalue weighted by atomic mass is 10.0. The molecule has 2 aromatic rings. The molecule has 30 heavy (non-hydrogen) atoms. The quantitative estimate of drug-likeness (QED) is 0.434. The molecule has 0 fully saturated rings. The van der Waals surface area contributed by atoms with E-state index in [2.05, 4.69) is 5.32 Å². The molecular formula is C21H25NO8. The third-order valence-corrected chi connectivity index (χ3v) is 4.00. The molecular weight excluding hydrogens is 394 g/mol. The Kier molecular flexibility index (Phi) is 8.92. The van der Waals surface area contributed by atoms with Gasteiger partial charge in [-0.25, -0.2) is 9.59 Å². The van der Waals surface area contributed by atoms with E-state index in [9.17, 15) is 19.8 Å². The van der Waals surface area contributed by atoms with Gasteiger partial charge in [0.25, 0.3) is 0 Å². The second-order valence-electron chi connectivity index (χ2n) is 6.24. The van der Waals surface area contributed by atoms with Crippen molar-refractivity contribution in [2.45, 2.75) is 25.7 Å². The maximum absolute atomic E-state index is 11.8. The van der Waals surface area contributed by atoms with Gasteiger partial charge >= 0.3 is 12.1 Å². The summed E-state index contributed by atoms with van der Waals surface area (Å²) in [7, 11) is 0. The molecule has 0 saturated heterocycles. The third-order valence-electron chi connectivity index (χ3n) is 4.00. The fourth-order valence-electron chi connectivity index (χ4n) is 2.60. The van der Waals surface area contributed by atoms with E-state index in [1.165, 1.54) is 6.07 Å². The van der Waals surface area contributed by atoms with E-state index in [0.29, 0.717) is 6.61 Å². The minimum Gasteiger partial charge on any atom is -0.490 e. The van der Waals surface area contributed by atoms with E-state index >= 15 is 0 Å². The number of amides is 1. The molecule has 0 aromatic heterocycles. The fraction of sp³-hybridized carbons (Fsp3) is 0.333. The average molecular weight is 419 g/mol. The van der Waals surface area contributed by atoms with Crippen molar-refractivity contribution >= 4 is 12.1 Å². The Morgan fingerprint density at radius 3 is 2.43 bits per heavy atom. The van der Waals surface area contributed by atoms with Gasteiger partial charge in [-0.1, -0.05) is 42.5 Å². The standard InChI is InChI=1S/C21H25NO8/c1-2-28-17-10-6-9-15(20(17)29-13-18(24)25)19(26)16(23)11-22-21(27)30-12-14-7-4-3-5-8-14/h3-10,16,19,23,26H,2,11-13H2,1H3,(H,22,27)(H,24,25). The first-order valence-electron chi connectivity index (χ1n) is 9.33. The number of hydrogen-bond acceptors (Lipinski definition) is 7. The summed E-state index contributed by atoms with van der Waals surface area (Å²) in [4.78, 5) is 22.7. The summed E-state index contributed by atoms with van der Waals surface area (Å²) in [6, 6.07) is 13.7. The summed E-state index contributed by atoms with van der Waals surface area (Å²) in [6.45, 7) is 1.15. The monoisotopic (exact) mass is 419 g/mol. The number of rotatable bonds is 11. The number of carboxylic acids is 1. The van der Waals surface area contributed by atoms with Gasteiger partial charge in [-0.05, 0) is 18.6 Å². The molecule has 1 amide bonds. The molecule has 9 heteroatoms. The Hall–Kier alpha value is -3.30. The van der Waals surface area contributed by atoms with E-state index in [0.717, 1.165) is 5.56 Å². The first-order chi connectivity index (χ1) is 14.4. The van der Waals surface area contributed by atoms with Crippen molar-refractivity contribution in [1.29, 1.82) is 0 Å². The van der Waals surface area contributed by atoms with Crippen LogP contribution in [-0.4, -0.2) is 53.2 Å². The Bertz CT molecular complexity index is 827. The maximum Gasteiger partial charge on any atom is 0.407 e. The summed E-state index contributed by atoms with van der Waals surface area (Å²) in [5.41, 5.74) is 0.940. The van der Waals surface area contributed by atoms with Crippen molar-refractivity contribution in [3.05, 3.63) is 59.7 Å². The molecule has 9 nitrogen and oxygen atoms in total. The molecule has 0 radical (unpaired) electrons. The van der Waals surface area contributed by atoms with E-state index < -0.39 is 30.9 Å². The van der Waals surface area contributed by atoms with Gasteiger partial charge in [0.05, 0.1) is 6.61 Å². The van der Waals surface area contributed by atoms with Crippen LogP contribution >= 0.6 is 0 Å². The van der Waals surface area contributed by atoms with Crippen molar-refractivity contribution in [3.63, 3.8) is 0 Å². The summed E-state index contributed by atoms with van der Waals surface area (Å²) < 4.78 is 15.7. The molecule has 2 atom stereocenters. The van der Waals surface area contributed by atoms with E-state index in [4.69, 9.17) is 19.3 Å². The van der Waals surface area contributed by atoms with Gasteiger partial charge in [0.2, 0.25) is 0 Å². The van der Waals surface area contributed by atoms with Crippen LogP contribution in [0.3, 0.4) is 0 Å². The molecule has 2 unspecified atom stereocenters. The topological polar surface area (TPSA) is 135 Å². The Labute approximate surface area is 173 Å². The van der Waals surface area contributed by atoms with E-state index in [-0.39, 0.29) is 30.2 Å². The molecule has 0 spiro atoms. The van der Waals surface area contributed by atoms with Crippen LogP contribution in [0, 0.1) is 0 Å². The molecule has 0 bridgehead atoms. The number of hydrogen-bond donors (Lipinski definition) is 4. The summed E-state index contributed by atoms with van der Waals surface area (Å²) in [5.74, 6) is -0.956. The Balaban J connectivity index is 1.98. The van der Waals surface area contributed by atoms with Crippen molar-refractivity contribution in [1.82, 2.24) is 5.32 Å². The number of aliphatic hydroxyl groups excluding tert-OH is 2. The summed E-state index contributed by atoms with van der Waals surface area (Å²) >= 11 is 0. The molecule has 0 aliphatic carbocycles. The zero-order chi connectivity index (χ0) is 21.9. The number of benzene rings is 2. The predicted molar refractivity (Wildman–Crippen MR) is 106 cm³/mol. The van der Waals surface area contributed by atoms with Crippen LogP contribution in [0.15, 0.2) is 48.5 Å². The van der Waals surface area contributed by atoms with Crippen LogP contribution in [0.2, 0.25) is 0 Å². The van der Waals surface area contributed by atoms with Gasteiger partial charge in [-0.2, -0.15) is 0 Å². The van der Waals surface area contributed by atoms with E-state index in [1.54, 1.807) is 31.2 Å². The lowest BCUT2D eigenvalue weighted by molar-refractivity contribution is -0.139. The third kappa shape index (κ3) is 6.94. The molecule has 0 aliphatic heterocycles. The molecule has 162 valence electrons. The number of alkyl carbamates (subject to hydrolysis) is 1. The smallest absolute Gasteiger partial charge is 0.407 e. The summed E-state index contributed by atoms with van der Waals surface area (Å²) in [5, 5.41) is 32.1. The Morgan fingerprint density at radius 1 is 1.03 bits per heavy atom. The van der Waals surface area contributed by atoms with Crippen molar-refractivity contribution in [2.75, 3.05) is 19.8 Å². The van der Waals surface area contributed by atoms with Crippen LogP contribution in [0.1, 0.15) is 24.2 Å². The first kappa shape index (κ1) is 23.0.